The van der Waals surface area contributed by atoms with Gasteiger partial charge in [-0.1, -0.05) is 29.8 Å². The summed E-state index contributed by atoms with van der Waals surface area (Å²) in [7, 11) is 1.84. The zero-order chi connectivity index (χ0) is 20.6. The minimum Gasteiger partial charge on any atom is -0.370 e. The van der Waals surface area contributed by atoms with E-state index >= 15 is 0 Å². The molecule has 0 bridgehead atoms. The normalized spacial score (nSPS) is 21.2. The smallest absolute Gasteiger partial charge is 0.217 e. The lowest BCUT2D eigenvalue weighted by atomic mass is 9.94. The van der Waals surface area contributed by atoms with E-state index in [2.05, 4.69) is 32.2 Å². The van der Waals surface area contributed by atoms with Crippen LogP contribution in [-0.4, -0.2) is 61.4 Å². The van der Waals surface area contributed by atoms with E-state index in [0.717, 1.165) is 63.1 Å². The van der Waals surface area contributed by atoms with Crippen molar-refractivity contribution in [1.82, 2.24) is 15.1 Å². The van der Waals surface area contributed by atoms with Crippen molar-refractivity contribution >= 4 is 47.4 Å². The first kappa shape index (κ1) is 25.2. The van der Waals surface area contributed by atoms with Gasteiger partial charge >= 0.3 is 0 Å². The Morgan fingerprint density at radius 1 is 1.20 bits per heavy atom. The quantitative estimate of drug-likeness (QED) is 0.326. The van der Waals surface area contributed by atoms with E-state index in [-0.39, 0.29) is 29.9 Å². The summed E-state index contributed by atoms with van der Waals surface area (Å²) >= 11 is 6.30. The van der Waals surface area contributed by atoms with E-state index in [1.807, 2.05) is 19.2 Å². The zero-order valence-electron chi connectivity index (χ0n) is 17.9. The number of nitrogens with one attached hydrogen (secondary N) is 1. The van der Waals surface area contributed by atoms with Crippen LogP contribution in [0.25, 0.3) is 0 Å². The highest BCUT2D eigenvalue weighted by molar-refractivity contribution is 14.0. The average molecular weight is 548 g/mol. The van der Waals surface area contributed by atoms with E-state index in [1.165, 1.54) is 18.4 Å². The fourth-order valence-corrected chi connectivity index (χ4v) is 4.69. The largest absolute Gasteiger partial charge is 0.370 e. The number of halogens is 2. The molecule has 0 aromatic heterocycles. The van der Waals surface area contributed by atoms with Crippen molar-refractivity contribution in [1.29, 1.82) is 0 Å². The Morgan fingerprint density at radius 2 is 1.93 bits per heavy atom. The summed E-state index contributed by atoms with van der Waals surface area (Å²) < 4.78 is 0. The number of hydrogen-bond donors (Lipinski definition) is 2. The number of nitrogens with two attached hydrogens (primary N) is 1. The first-order valence-electron chi connectivity index (χ1n) is 10.7. The summed E-state index contributed by atoms with van der Waals surface area (Å²) in [4.78, 5) is 20.5. The summed E-state index contributed by atoms with van der Waals surface area (Å²) in [5, 5.41) is 4.43. The molecular formula is C22H35ClIN5O. The highest BCUT2D eigenvalue weighted by atomic mass is 127. The van der Waals surface area contributed by atoms with E-state index in [4.69, 9.17) is 17.3 Å². The molecule has 1 amide bonds. The lowest BCUT2D eigenvalue weighted by Gasteiger charge is -2.36. The molecule has 2 fully saturated rings. The number of carbonyl (C=O) groups is 1. The Labute approximate surface area is 202 Å². The van der Waals surface area contributed by atoms with E-state index in [1.54, 1.807) is 0 Å². The van der Waals surface area contributed by atoms with Crippen molar-refractivity contribution in [2.75, 3.05) is 39.8 Å². The van der Waals surface area contributed by atoms with Crippen molar-refractivity contribution in [3.63, 3.8) is 0 Å². The topological polar surface area (TPSA) is 74.0 Å². The molecule has 2 heterocycles. The summed E-state index contributed by atoms with van der Waals surface area (Å²) in [5.74, 6) is 1.74. The van der Waals surface area contributed by atoms with Crippen LogP contribution < -0.4 is 11.1 Å². The minimum atomic E-state index is -0.205. The molecule has 1 atom stereocenters. The molecule has 2 aliphatic rings. The number of primary amides is 1. The fraction of sp³-hybridized carbons (Fsp3) is 0.636. The third-order valence-electron chi connectivity index (χ3n) is 6.13. The van der Waals surface area contributed by atoms with E-state index in [0.29, 0.717) is 18.3 Å². The van der Waals surface area contributed by atoms with Gasteiger partial charge < -0.3 is 16.0 Å². The first-order chi connectivity index (χ1) is 14.0. The van der Waals surface area contributed by atoms with Gasteiger partial charge in [-0.3, -0.25) is 14.7 Å². The molecule has 6 nitrogen and oxygen atoms in total. The molecule has 0 spiro atoms. The third kappa shape index (κ3) is 7.57. The number of hydrogen-bond acceptors (Lipinski definition) is 3. The maximum absolute atomic E-state index is 11.3. The van der Waals surface area contributed by atoms with Crippen molar-refractivity contribution in [3.8, 4) is 0 Å². The molecule has 2 saturated heterocycles. The van der Waals surface area contributed by atoms with Gasteiger partial charge in [-0.2, -0.15) is 0 Å². The second kappa shape index (κ2) is 12.7. The molecule has 1 unspecified atom stereocenters. The molecular weight excluding hydrogens is 513 g/mol. The summed E-state index contributed by atoms with van der Waals surface area (Å²) in [5.41, 5.74) is 6.60. The van der Waals surface area contributed by atoms with Gasteiger partial charge in [-0.15, -0.1) is 24.0 Å². The van der Waals surface area contributed by atoms with Gasteiger partial charge in [-0.25, -0.2) is 0 Å². The number of likely N-dealkylation sites (tertiary alicyclic amines) is 2. The van der Waals surface area contributed by atoms with Crippen LogP contribution in [0.2, 0.25) is 5.02 Å². The molecule has 168 valence electrons. The second-order valence-corrected chi connectivity index (χ2v) is 8.77. The second-order valence-electron chi connectivity index (χ2n) is 8.36. The predicted molar refractivity (Wildman–Crippen MR) is 134 cm³/mol. The van der Waals surface area contributed by atoms with Gasteiger partial charge in [0, 0.05) is 44.7 Å². The Hall–Kier alpha value is -1.06. The number of amides is 1. The monoisotopic (exact) mass is 547 g/mol. The molecule has 1 aromatic carbocycles. The van der Waals surface area contributed by atoms with Crippen LogP contribution in [-0.2, 0) is 11.3 Å². The molecule has 3 rings (SSSR count). The number of piperidine rings is 2. The summed E-state index contributed by atoms with van der Waals surface area (Å²) in [6, 6.07) is 8.12. The third-order valence-corrected chi connectivity index (χ3v) is 6.50. The van der Waals surface area contributed by atoms with Gasteiger partial charge in [-0.05, 0) is 62.2 Å². The van der Waals surface area contributed by atoms with Crippen LogP contribution in [0, 0.1) is 11.8 Å². The van der Waals surface area contributed by atoms with Crippen LogP contribution in [0.3, 0.4) is 0 Å². The molecule has 8 heteroatoms. The number of rotatable bonds is 6. The highest BCUT2D eigenvalue weighted by Crippen LogP contribution is 2.23. The molecule has 30 heavy (non-hydrogen) atoms. The Morgan fingerprint density at radius 3 is 2.60 bits per heavy atom. The summed E-state index contributed by atoms with van der Waals surface area (Å²) in [6.07, 6.45) is 4.98. The lowest BCUT2D eigenvalue weighted by Crippen LogP contribution is -2.48. The van der Waals surface area contributed by atoms with Crippen molar-refractivity contribution in [2.24, 2.45) is 22.6 Å². The Bertz CT molecular complexity index is 709. The SMILES string of the molecule is CN=C(NCC1CCN(Cc2ccccc2Cl)CC1)N1CCCC(CC(N)=O)C1.I. The average Bonchev–Trinajstić information content (AvgIpc) is 2.71. The van der Waals surface area contributed by atoms with Gasteiger partial charge in [0.05, 0.1) is 0 Å². The van der Waals surface area contributed by atoms with Crippen LogP contribution in [0.5, 0.6) is 0 Å². The van der Waals surface area contributed by atoms with Gasteiger partial charge in [0.1, 0.15) is 0 Å². The van der Waals surface area contributed by atoms with Crippen LogP contribution in [0.1, 0.15) is 37.7 Å². The van der Waals surface area contributed by atoms with Crippen molar-refractivity contribution in [3.05, 3.63) is 34.9 Å². The van der Waals surface area contributed by atoms with E-state index in [9.17, 15) is 4.79 Å². The molecule has 0 saturated carbocycles. The van der Waals surface area contributed by atoms with Crippen LogP contribution in [0.15, 0.2) is 29.3 Å². The van der Waals surface area contributed by atoms with Gasteiger partial charge in [0.2, 0.25) is 5.91 Å². The molecule has 3 N–H and O–H groups in total. The zero-order valence-corrected chi connectivity index (χ0v) is 20.9. The van der Waals surface area contributed by atoms with E-state index < -0.39 is 0 Å². The van der Waals surface area contributed by atoms with Crippen molar-refractivity contribution < 1.29 is 4.79 Å². The van der Waals surface area contributed by atoms with Gasteiger partial charge in [0.25, 0.3) is 0 Å². The number of carbonyl (C=O) groups excluding carboxylic acids is 1. The maximum Gasteiger partial charge on any atom is 0.217 e. The maximum atomic E-state index is 11.3. The lowest BCUT2D eigenvalue weighted by molar-refractivity contribution is -0.119. The number of aliphatic imine (C=N–C) groups is 1. The first-order valence-corrected chi connectivity index (χ1v) is 11.1. The fourth-order valence-electron chi connectivity index (χ4n) is 4.49. The number of benzene rings is 1. The van der Waals surface area contributed by atoms with Gasteiger partial charge in [0.15, 0.2) is 5.96 Å². The van der Waals surface area contributed by atoms with Crippen LogP contribution in [0.4, 0.5) is 0 Å². The number of guanidine groups is 1. The molecule has 0 aliphatic carbocycles. The molecule has 2 aliphatic heterocycles. The highest BCUT2D eigenvalue weighted by Gasteiger charge is 2.25. The number of nitrogens with zero attached hydrogens (tertiary/aromatic N) is 3. The molecule has 0 radical (unpaired) electrons. The summed E-state index contributed by atoms with van der Waals surface area (Å²) in [6.45, 7) is 5.92. The Kier molecular flexibility index (Phi) is 10.7. The van der Waals surface area contributed by atoms with Crippen molar-refractivity contribution in [2.45, 2.75) is 38.6 Å². The van der Waals surface area contributed by atoms with Crippen LogP contribution >= 0.6 is 35.6 Å². The minimum absolute atomic E-state index is 0. The predicted octanol–water partition coefficient (Wildman–Crippen LogP) is 3.33. The Balaban J connectivity index is 0.00000320. The molecule has 1 aromatic rings. The standard InChI is InChI=1S/C22H34ClN5O.HI/c1-25-22(28-10-4-5-18(15-28)13-21(24)29)26-14-17-8-11-27(12-9-17)16-19-6-2-3-7-20(19)23;/h2-3,6-7,17-18H,4-5,8-16H2,1H3,(H2,24,29)(H,25,26);1H.